The Hall–Kier alpha value is -1.64. The highest BCUT2D eigenvalue weighted by atomic mass is 19.4. The van der Waals surface area contributed by atoms with Gasteiger partial charge >= 0.3 is 47.9 Å². The second kappa shape index (κ2) is 4.93. The summed E-state index contributed by atoms with van der Waals surface area (Å²) < 4.78 is 183. The number of hydrogen-bond acceptors (Lipinski definition) is 2. The van der Waals surface area contributed by atoms with Crippen LogP contribution in [0.15, 0.2) is 12.0 Å². The van der Waals surface area contributed by atoms with E-state index >= 15 is 0 Å². The zero-order valence-electron chi connectivity index (χ0n) is 10.1. The van der Waals surface area contributed by atoms with E-state index in [1.54, 1.807) is 0 Å². The van der Waals surface area contributed by atoms with Crippen molar-refractivity contribution >= 4 is 0 Å². The fraction of sp³-hybridized carbons (Fsp3) is 0.750. The summed E-state index contributed by atoms with van der Waals surface area (Å²) in [5.41, 5.74) is 0. The zero-order chi connectivity index (χ0) is 19.6. The standard InChI is InChI=1S/C8F14O2/c9-1-2(10)24-8(21,22)5(15,16)3(11,12)4(13,14)6(17,23-1)7(18,19)20/b2-1-. The molecule has 16 heteroatoms. The molecule has 0 aromatic heterocycles. The molecule has 0 aliphatic carbocycles. The summed E-state index contributed by atoms with van der Waals surface area (Å²) in [4.78, 5) is 0. The van der Waals surface area contributed by atoms with Crippen LogP contribution in [-0.4, -0.2) is 35.9 Å². The smallest absolute Gasteiger partial charge is 0.415 e. The van der Waals surface area contributed by atoms with Crippen LogP contribution in [0, 0.1) is 0 Å². The Morgan fingerprint density at radius 1 is 0.583 bits per heavy atom. The van der Waals surface area contributed by atoms with Crippen molar-refractivity contribution in [1.29, 1.82) is 0 Å². The van der Waals surface area contributed by atoms with E-state index in [-0.39, 0.29) is 0 Å². The molecule has 1 atom stereocenters. The number of alkyl halides is 12. The van der Waals surface area contributed by atoms with Crippen molar-refractivity contribution in [3.8, 4) is 0 Å². The first-order valence-corrected chi connectivity index (χ1v) is 4.96. The van der Waals surface area contributed by atoms with Gasteiger partial charge < -0.3 is 9.47 Å². The van der Waals surface area contributed by atoms with E-state index in [1.165, 1.54) is 0 Å². The maximum atomic E-state index is 13.3. The summed E-state index contributed by atoms with van der Waals surface area (Å²) in [6.07, 6.45) is -14.4. The first kappa shape index (κ1) is 20.4. The Morgan fingerprint density at radius 2 is 0.958 bits per heavy atom. The molecule has 0 saturated heterocycles. The van der Waals surface area contributed by atoms with Crippen LogP contribution in [0.25, 0.3) is 0 Å². The van der Waals surface area contributed by atoms with Crippen molar-refractivity contribution in [3.05, 3.63) is 12.0 Å². The zero-order valence-corrected chi connectivity index (χ0v) is 10.1. The van der Waals surface area contributed by atoms with Gasteiger partial charge in [0.25, 0.3) is 0 Å². The van der Waals surface area contributed by atoms with Crippen LogP contribution < -0.4 is 0 Å². The topological polar surface area (TPSA) is 18.5 Å². The minimum atomic E-state index is -7.89. The first-order chi connectivity index (χ1) is 10.3. The van der Waals surface area contributed by atoms with Crippen LogP contribution in [-0.2, 0) is 9.47 Å². The lowest BCUT2D eigenvalue weighted by Gasteiger charge is -2.40. The molecule has 0 N–H and O–H groups in total. The van der Waals surface area contributed by atoms with Crippen LogP contribution in [0.5, 0.6) is 0 Å². The highest BCUT2D eigenvalue weighted by molar-refractivity contribution is 5.12. The maximum Gasteiger partial charge on any atom is 0.472 e. The van der Waals surface area contributed by atoms with Gasteiger partial charge in [-0.2, -0.15) is 61.5 Å². The summed E-state index contributed by atoms with van der Waals surface area (Å²) in [6.45, 7) is 0. The average molecular weight is 394 g/mol. The van der Waals surface area contributed by atoms with Gasteiger partial charge in [-0.25, -0.2) is 0 Å². The van der Waals surface area contributed by atoms with Crippen LogP contribution in [0.1, 0.15) is 0 Å². The SMILES string of the molecule is F/C1=C(\F)OC(F)(C(F)(F)F)C(F)(F)C(F)(F)C(F)(F)C(F)(F)O1. The predicted molar refractivity (Wildman–Crippen MR) is 41.1 cm³/mol. The third-order valence-corrected chi connectivity index (χ3v) is 2.53. The normalized spacial score (nSPS) is 35.1. The molecule has 1 aliphatic rings. The minimum absolute atomic E-state index is 2.00. The third-order valence-electron chi connectivity index (χ3n) is 2.53. The van der Waals surface area contributed by atoms with Crippen molar-refractivity contribution < 1.29 is 70.9 Å². The lowest BCUT2D eigenvalue weighted by atomic mass is 9.96. The van der Waals surface area contributed by atoms with E-state index in [4.69, 9.17) is 0 Å². The lowest BCUT2D eigenvalue weighted by molar-refractivity contribution is -0.472. The molecular formula is C8F14O2. The van der Waals surface area contributed by atoms with Crippen LogP contribution in [0.2, 0.25) is 0 Å². The van der Waals surface area contributed by atoms with Crippen LogP contribution in [0.4, 0.5) is 61.5 Å². The van der Waals surface area contributed by atoms with Crippen molar-refractivity contribution in [1.82, 2.24) is 0 Å². The lowest BCUT2D eigenvalue weighted by Crippen LogP contribution is -2.71. The molecule has 142 valence electrons. The number of ether oxygens (including phenoxy) is 2. The molecular weight excluding hydrogens is 394 g/mol. The molecule has 0 aromatic carbocycles. The van der Waals surface area contributed by atoms with Gasteiger partial charge in [-0.1, -0.05) is 0 Å². The molecule has 0 fully saturated rings. The van der Waals surface area contributed by atoms with E-state index in [2.05, 4.69) is 0 Å². The summed E-state index contributed by atoms with van der Waals surface area (Å²) in [6, 6.07) is -7.91. The Kier molecular flexibility index (Phi) is 4.20. The monoisotopic (exact) mass is 394 g/mol. The molecule has 1 heterocycles. The number of rotatable bonds is 0. The van der Waals surface area contributed by atoms with Gasteiger partial charge in [0.15, 0.2) is 0 Å². The van der Waals surface area contributed by atoms with E-state index < -0.39 is 47.9 Å². The van der Waals surface area contributed by atoms with Gasteiger partial charge in [0.2, 0.25) is 0 Å². The van der Waals surface area contributed by atoms with E-state index in [0.717, 1.165) is 0 Å². The molecule has 0 saturated carbocycles. The largest absolute Gasteiger partial charge is 0.472 e. The van der Waals surface area contributed by atoms with Gasteiger partial charge in [0.1, 0.15) is 0 Å². The number of halogens is 14. The molecule has 0 aromatic rings. The Morgan fingerprint density at radius 3 is 1.33 bits per heavy atom. The fourth-order valence-electron chi connectivity index (χ4n) is 1.26. The Balaban J connectivity index is 3.88. The minimum Gasteiger partial charge on any atom is -0.415 e. The summed E-state index contributed by atoms with van der Waals surface area (Å²) in [7, 11) is 0. The van der Waals surface area contributed by atoms with Gasteiger partial charge in [-0.05, 0) is 0 Å². The molecule has 0 bridgehead atoms. The highest BCUT2D eigenvalue weighted by Crippen LogP contribution is 2.61. The summed E-state index contributed by atoms with van der Waals surface area (Å²) >= 11 is 0. The highest BCUT2D eigenvalue weighted by Gasteiger charge is 2.93. The fourth-order valence-corrected chi connectivity index (χ4v) is 1.26. The molecule has 1 aliphatic heterocycles. The predicted octanol–water partition coefficient (Wildman–Crippen LogP) is 4.83. The van der Waals surface area contributed by atoms with Gasteiger partial charge in [0.05, 0.1) is 0 Å². The second-order valence-electron chi connectivity index (χ2n) is 4.08. The van der Waals surface area contributed by atoms with Crippen molar-refractivity contribution in [3.63, 3.8) is 0 Å². The van der Waals surface area contributed by atoms with E-state index in [0.29, 0.717) is 0 Å². The Labute approximate surface area is 120 Å². The molecule has 2 nitrogen and oxygen atoms in total. The molecule has 1 rings (SSSR count). The summed E-state index contributed by atoms with van der Waals surface area (Å²) in [5, 5.41) is 0. The quantitative estimate of drug-likeness (QED) is 0.549. The second-order valence-corrected chi connectivity index (χ2v) is 4.08. The molecule has 0 spiro atoms. The first-order valence-electron chi connectivity index (χ1n) is 4.96. The summed E-state index contributed by atoms with van der Waals surface area (Å²) in [5.74, 6) is -30.8. The number of hydrogen-bond donors (Lipinski definition) is 0. The Bertz CT molecular complexity index is 547. The van der Waals surface area contributed by atoms with Gasteiger partial charge in [-0.3, -0.25) is 0 Å². The average Bonchev–Trinajstić information content (AvgIpc) is 2.35. The maximum absolute atomic E-state index is 13.3. The molecule has 0 radical (unpaired) electrons. The van der Waals surface area contributed by atoms with Crippen molar-refractivity contribution in [2.75, 3.05) is 0 Å². The molecule has 1 unspecified atom stereocenters. The van der Waals surface area contributed by atoms with E-state index in [1.807, 2.05) is 9.47 Å². The van der Waals surface area contributed by atoms with Crippen LogP contribution >= 0.6 is 0 Å². The molecule has 0 amide bonds. The van der Waals surface area contributed by atoms with Gasteiger partial charge in [-0.15, -0.1) is 0 Å². The van der Waals surface area contributed by atoms with E-state index in [9.17, 15) is 61.5 Å². The van der Waals surface area contributed by atoms with Crippen LogP contribution in [0.3, 0.4) is 0 Å². The third kappa shape index (κ3) is 2.32. The van der Waals surface area contributed by atoms with Crippen molar-refractivity contribution in [2.24, 2.45) is 0 Å². The van der Waals surface area contributed by atoms with Gasteiger partial charge in [0, 0.05) is 0 Å². The van der Waals surface area contributed by atoms with Crippen molar-refractivity contribution in [2.45, 2.75) is 35.9 Å². The molecule has 24 heavy (non-hydrogen) atoms.